The molecule has 0 aliphatic heterocycles. The molecule has 0 spiro atoms. The van der Waals surface area contributed by atoms with Crippen molar-refractivity contribution in [3.05, 3.63) is 28.7 Å². The number of H-pyrrole nitrogens is 1. The van der Waals surface area contributed by atoms with Gasteiger partial charge in [0.25, 0.3) is 0 Å². The van der Waals surface area contributed by atoms with Crippen molar-refractivity contribution in [1.82, 2.24) is 15.3 Å². The molecule has 2 aromatic heterocycles. The molecule has 0 saturated heterocycles. The quantitative estimate of drug-likeness (QED) is 0.868. The molecule has 96 valence electrons. The summed E-state index contributed by atoms with van der Waals surface area (Å²) in [5.41, 5.74) is 2.67. The van der Waals surface area contributed by atoms with Crippen molar-refractivity contribution >= 4 is 11.3 Å². The highest BCUT2D eigenvalue weighted by Gasteiger charge is 2.37. The minimum Gasteiger partial charge on any atom is -0.360 e. The Balaban J connectivity index is 1.74. The number of thiazole rings is 1. The molecule has 0 bridgehead atoms. The summed E-state index contributed by atoms with van der Waals surface area (Å²) in [5.74, 6) is 0. The summed E-state index contributed by atoms with van der Waals surface area (Å²) in [6, 6.07) is 4.09. The zero-order chi connectivity index (χ0) is 12.4. The van der Waals surface area contributed by atoms with Gasteiger partial charge in [0.15, 0.2) is 0 Å². The van der Waals surface area contributed by atoms with Crippen LogP contribution >= 0.6 is 11.3 Å². The maximum atomic E-state index is 4.76. The van der Waals surface area contributed by atoms with Gasteiger partial charge in [-0.2, -0.15) is 0 Å². The second-order valence-electron chi connectivity index (χ2n) is 5.27. The molecule has 1 aliphatic rings. The minimum atomic E-state index is 0.472. The number of aromatic amines is 1. The molecule has 2 heterocycles. The Morgan fingerprint density at radius 2 is 2.39 bits per heavy atom. The van der Waals surface area contributed by atoms with Gasteiger partial charge >= 0.3 is 0 Å². The Morgan fingerprint density at radius 1 is 1.50 bits per heavy atom. The molecule has 3 nitrogen and oxygen atoms in total. The van der Waals surface area contributed by atoms with Gasteiger partial charge in [0.2, 0.25) is 0 Å². The van der Waals surface area contributed by atoms with Gasteiger partial charge in [-0.1, -0.05) is 6.42 Å². The van der Waals surface area contributed by atoms with Crippen LogP contribution in [0.5, 0.6) is 0 Å². The second kappa shape index (κ2) is 4.86. The number of aromatic nitrogens is 2. The van der Waals surface area contributed by atoms with E-state index in [-0.39, 0.29) is 0 Å². The minimum absolute atomic E-state index is 0.472. The lowest BCUT2D eigenvalue weighted by atomic mass is 9.67. The van der Waals surface area contributed by atoms with Gasteiger partial charge in [-0.15, -0.1) is 11.3 Å². The van der Waals surface area contributed by atoms with E-state index in [4.69, 9.17) is 4.98 Å². The summed E-state index contributed by atoms with van der Waals surface area (Å²) in [5, 5.41) is 6.77. The van der Waals surface area contributed by atoms with Crippen molar-refractivity contribution in [1.29, 1.82) is 0 Å². The summed E-state index contributed by atoms with van der Waals surface area (Å²) in [4.78, 5) is 7.98. The van der Waals surface area contributed by atoms with E-state index in [0.717, 1.165) is 24.4 Å². The monoisotopic (exact) mass is 261 g/mol. The number of hydrogen-bond acceptors (Lipinski definition) is 3. The zero-order valence-corrected chi connectivity index (χ0v) is 11.5. The molecule has 0 atom stereocenters. The standard InChI is InChI=1S/C14H19N3S/c1-15-10-14(5-3-6-14)8-13-17-12(9-18-13)11-4-2-7-16-11/h2,4,7,9,15-16H,3,5-6,8,10H2,1H3. The van der Waals surface area contributed by atoms with E-state index in [0.29, 0.717) is 5.41 Å². The average Bonchev–Trinajstić information content (AvgIpc) is 2.96. The Bertz CT molecular complexity index is 497. The molecular formula is C14H19N3S. The second-order valence-corrected chi connectivity index (χ2v) is 6.21. The first-order valence-corrected chi connectivity index (χ1v) is 7.42. The van der Waals surface area contributed by atoms with E-state index in [1.54, 1.807) is 11.3 Å². The van der Waals surface area contributed by atoms with Gasteiger partial charge in [-0.3, -0.25) is 0 Å². The van der Waals surface area contributed by atoms with Crippen molar-refractivity contribution in [2.45, 2.75) is 25.7 Å². The van der Waals surface area contributed by atoms with Crippen molar-refractivity contribution in [3.8, 4) is 11.4 Å². The molecule has 1 fully saturated rings. The van der Waals surface area contributed by atoms with Gasteiger partial charge in [-0.25, -0.2) is 4.98 Å². The van der Waals surface area contributed by atoms with Crippen LogP contribution in [0.25, 0.3) is 11.4 Å². The summed E-state index contributed by atoms with van der Waals surface area (Å²) in [7, 11) is 2.05. The molecule has 4 heteroatoms. The van der Waals surface area contributed by atoms with E-state index >= 15 is 0 Å². The first-order chi connectivity index (χ1) is 8.81. The predicted molar refractivity (Wildman–Crippen MR) is 75.8 cm³/mol. The Hall–Kier alpha value is -1.13. The Labute approximate surface area is 112 Å². The SMILES string of the molecule is CNCC1(Cc2nc(-c3ccc[nH]3)cs2)CCC1. The summed E-state index contributed by atoms with van der Waals surface area (Å²) in [6.07, 6.45) is 7.12. The van der Waals surface area contributed by atoms with Gasteiger partial charge in [0.05, 0.1) is 16.4 Å². The van der Waals surface area contributed by atoms with Crippen LogP contribution in [0.1, 0.15) is 24.3 Å². The topological polar surface area (TPSA) is 40.7 Å². The number of nitrogens with zero attached hydrogens (tertiary/aromatic N) is 1. The van der Waals surface area contributed by atoms with Gasteiger partial charge in [-0.05, 0) is 37.4 Å². The molecule has 0 amide bonds. The molecule has 0 aromatic carbocycles. The highest BCUT2D eigenvalue weighted by atomic mass is 32.1. The number of rotatable bonds is 5. The third-order valence-electron chi connectivity index (χ3n) is 3.92. The predicted octanol–water partition coefficient (Wildman–Crippen LogP) is 3.07. The van der Waals surface area contributed by atoms with Gasteiger partial charge in [0, 0.05) is 24.5 Å². The Morgan fingerprint density at radius 3 is 3.00 bits per heavy atom. The molecule has 1 aliphatic carbocycles. The fraction of sp³-hybridized carbons (Fsp3) is 0.500. The lowest BCUT2D eigenvalue weighted by molar-refractivity contribution is 0.133. The molecule has 1 saturated carbocycles. The third kappa shape index (κ3) is 2.22. The summed E-state index contributed by atoms with van der Waals surface area (Å²) < 4.78 is 0. The van der Waals surface area contributed by atoms with Crippen LogP contribution in [-0.4, -0.2) is 23.6 Å². The van der Waals surface area contributed by atoms with Crippen molar-refractivity contribution in [2.75, 3.05) is 13.6 Å². The molecule has 0 radical (unpaired) electrons. The summed E-state index contributed by atoms with van der Waals surface area (Å²) >= 11 is 1.79. The van der Waals surface area contributed by atoms with E-state index in [2.05, 4.69) is 21.7 Å². The van der Waals surface area contributed by atoms with Crippen LogP contribution in [0.2, 0.25) is 0 Å². The third-order valence-corrected chi connectivity index (χ3v) is 4.77. The van der Waals surface area contributed by atoms with E-state index in [1.807, 2.05) is 19.3 Å². The lowest BCUT2D eigenvalue weighted by Crippen LogP contribution is -2.40. The van der Waals surface area contributed by atoms with Crippen molar-refractivity contribution in [3.63, 3.8) is 0 Å². The smallest absolute Gasteiger partial charge is 0.0976 e. The molecular weight excluding hydrogens is 242 g/mol. The maximum Gasteiger partial charge on any atom is 0.0976 e. The fourth-order valence-corrected chi connectivity index (χ4v) is 3.76. The van der Waals surface area contributed by atoms with Crippen LogP contribution in [-0.2, 0) is 6.42 Å². The lowest BCUT2D eigenvalue weighted by Gasteiger charge is -2.41. The molecule has 0 unspecified atom stereocenters. The van der Waals surface area contributed by atoms with Crippen LogP contribution in [0.3, 0.4) is 0 Å². The van der Waals surface area contributed by atoms with Crippen molar-refractivity contribution < 1.29 is 0 Å². The Kier molecular flexibility index (Phi) is 3.22. The number of hydrogen-bond donors (Lipinski definition) is 2. The zero-order valence-electron chi connectivity index (χ0n) is 10.7. The molecule has 3 rings (SSSR count). The molecule has 2 N–H and O–H groups in total. The van der Waals surface area contributed by atoms with E-state index < -0.39 is 0 Å². The van der Waals surface area contributed by atoms with Gasteiger partial charge < -0.3 is 10.3 Å². The van der Waals surface area contributed by atoms with E-state index in [1.165, 1.54) is 24.3 Å². The normalized spacial score (nSPS) is 17.6. The average molecular weight is 261 g/mol. The van der Waals surface area contributed by atoms with Crippen molar-refractivity contribution in [2.24, 2.45) is 5.41 Å². The largest absolute Gasteiger partial charge is 0.360 e. The first-order valence-electron chi connectivity index (χ1n) is 6.54. The maximum absolute atomic E-state index is 4.76. The number of nitrogens with one attached hydrogen (secondary N) is 2. The van der Waals surface area contributed by atoms with Crippen LogP contribution in [0, 0.1) is 5.41 Å². The first kappa shape index (κ1) is 11.9. The fourth-order valence-electron chi connectivity index (χ4n) is 2.79. The highest BCUT2D eigenvalue weighted by Crippen LogP contribution is 2.43. The van der Waals surface area contributed by atoms with E-state index in [9.17, 15) is 0 Å². The summed E-state index contributed by atoms with van der Waals surface area (Å²) in [6.45, 7) is 1.12. The van der Waals surface area contributed by atoms with Crippen LogP contribution < -0.4 is 5.32 Å². The molecule has 2 aromatic rings. The highest BCUT2D eigenvalue weighted by molar-refractivity contribution is 7.09. The van der Waals surface area contributed by atoms with Gasteiger partial charge in [0.1, 0.15) is 0 Å². The van der Waals surface area contributed by atoms with Crippen LogP contribution in [0.4, 0.5) is 0 Å². The molecule has 18 heavy (non-hydrogen) atoms. The van der Waals surface area contributed by atoms with Crippen LogP contribution in [0.15, 0.2) is 23.7 Å².